The first kappa shape index (κ1) is 14.7. The number of anilines is 1. The third kappa shape index (κ3) is 3.18. The van der Waals surface area contributed by atoms with Crippen molar-refractivity contribution in [2.24, 2.45) is 0 Å². The summed E-state index contributed by atoms with van der Waals surface area (Å²) in [4.78, 5) is 4.00. The van der Waals surface area contributed by atoms with E-state index in [2.05, 4.69) is 14.8 Å². The van der Waals surface area contributed by atoms with Crippen LogP contribution in [-0.2, 0) is 16.6 Å². The van der Waals surface area contributed by atoms with Crippen LogP contribution < -0.4 is 4.72 Å². The van der Waals surface area contributed by atoms with Gasteiger partial charge in [-0.05, 0) is 29.5 Å². The molecule has 6 nitrogen and oxygen atoms in total. The smallest absolute Gasteiger partial charge is 0.246 e. The first-order valence-electron chi connectivity index (χ1n) is 6.55. The quantitative estimate of drug-likeness (QED) is 0.778. The van der Waals surface area contributed by atoms with E-state index in [4.69, 9.17) is 0 Å². The summed E-state index contributed by atoms with van der Waals surface area (Å²) < 4.78 is 28.4. The second-order valence-electron chi connectivity index (χ2n) is 4.73. The maximum absolute atomic E-state index is 12.1. The van der Waals surface area contributed by atoms with Crippen LogP contribution in [0.15, 0.2) is 52.3 Å². The lowest BCUT2D eigenvalue weighted by Crippen LogP contribution is -2.13. The molecule has 1 aromatic carbocycles. The van der Waals surface area contributed by atoms with Crippen LogP contribution in [0.2, 0.25) is 0 Å². The van der Waals surface area contributed by atoms with Gasteiger partial charge in [0.1, 0.15) is 10.5 Å². The summed E-state index contributed by atoms with van der Waals surface area (Å²) in [6.45, 7) is 2.56. The van der Waals surface area contributed by atoms with E-state index in [1.807, 2.05) is 31.2 Å². The zero-order valence-corrected chi connectivity index (χ0v) is 13.4. The van der Waals surface area contributed by atoms with Crippen molar-refractivity contribution in [3.63, 3.8) is 0 Å². The average molecular weight is 334 g/mol. The third-order valence-electron chi connectivity index (χ3n) is 3.12. The molecule has 0 saturated carbocycles. The maximum atomic E-state index is 12.1. The minimum atomic E-state index is -3.61. The number of hydrogen-bond acceptors (Lipinski definition) is 5. The van der Waals surface area contributed by atoms with Gasteiger partial charge >= 0.3 is 0 Å². The third-order valence-corrected chi connectivity index (χ3v) is 5.84. The van der Waals surface area contributed by atoms with Crippen molar-refractivity contribution in [2.75, 3.05) is 4.72 Å². The Morgan fingerprint density at radius 1 is 1.23 bits per heavy atom. The monoisotopic (exact) mass is 334 g/mol. The van der Waals surface area contributed by atoms with Crippen LogP contribution in [0.5, 0.6) is 0 Å². The van der Waals surface area contributed by atoms with Gasteiger partial charge in [-0.3, -0.25) is 0 Å². The van der Waals surface area contributed by atoms with Crippen molar-refractivity contribution in [3.8, 4) is 0 Å². The number of hydrogen-bond donors (Lipinski definition) is 1. The highest BCUT2D eigenvalue weighted by Crippen LogP contribution is 2.18. The van der Waals surface area contributed by atoms with Crippen molar-refractivity contribution in [2.45, 2.75) is 17.7 Å². The molecule has 3 aromatic rings. The second kappa shape index (κ2) is 5.90. The first-order chi connectivity index (χ1) is 10.5. The number of sulfonamides is 1. The number of aryl methyl sites for hydroxylation is 1. The Morgan fingerprint density at radius 2 is 2.05 bits per heavy atom. The first-order valence-corrected chi connectivity index (χ1v) is 8.91. The van der Waals surface area contributed by atoms with Crippen molar-refractivity contribution in [1.82, 2.24) is 14.8 Å². The van der Waals surface area contributed by atoms with E-state index in [9.17, 15) is 8.42 Å². The van der Waals surface area contributed by atoms with Crippen LogP contribution in [0.4, 0.5) is 5.95 Å². The van der Waals surface area contributed by atoms with Crippen molar-refractivity contribution in [1.29, 1.82) is 0 Å². The molecule has 0 bridgehead atoms. The Bertz CT molecular complexity index is 870. The fourth-order valence-electron chi connectivity index (χ4n) is 1.97. The zero-order chi connectivity index (χ0) is 15.6. The SMILES string of the molecule is Cc1ccccc1Cn1cnc(NS(=O)(=O)c2cccs2)n1. The van der Waals surface area contributed by atoms with E-state index in [1.165, 1.54) is 12.4 Å². The van der Waals surface area contributed by atoms with Crippen LogP contribution in [0.25, 0.3) is 0 Å². The predicted octanol–water partition coefficient (Wildman–Crippen LogP) is 2.50. The molecular formula is C14H14N4O2S2. The lowest BCUT2D eigenvalue weighted by atomic mass is 10.1. The molecule has 0 unspecified atom stereocenters. The number of aromatic nitrogens is 3. The molecule has 0 aliphatic heterocycles. The summed E-state index contributed by atoms with van der Waals surface area (Å²) in [6.07, 6.45) is 1.51. The minimum Gasteiger partial charge on any atom is -0.246 e. The molecule has 114 valence electrons. The van der Waals surface area contributed by atoms with Crippen LogP contribution in [0, 0.1) is 6.92 Å². The van der Waals surface area contributed by atoms with Gasteiger partial charge in [0.15, 0.2) is 0 Å². The number of thiophene rings is 1. The van der Waals surface area contributed by atoms with E-state index in [1.54, 1.807) is 16.1 Å². The number of benzene rings is 1. The second-order valence-corrected chi connectivity index (χ2v) is 7.59. The molecule has 0 aliphatic rings. The molecular weight excluding hydrogens is 320 g/mol. The van der Waals surface area contributed by atoms with Crippen LogP contribution >= 0.6 is 11.3 Å². The highest BCUT2D eigenvalue weighted by molar-refractivity contribution is 7.94. The molecule has 0 radical (unpaired) electrons. The molecule has 1 N–H and O–H groups in total. The fourth-order valence-corrected chi connectivity index (χ4v) is 3.91. The van der Waals surface area contributed by atoms with Gasteiger partial charge in [0, 0.05) is 0 Å². The Morgan fingerprint density at radius 3 is 2.77 bits per heavy atom. The topological polar surface area (TPSA) is 76.9 Å². The van der Waals surface area contributed by atoms with Gasteiger partial charge in [-0.1, -0.05) is 30.3 Å². The summed E-state index contributed by atoms with van der Waals surface area (Å²) in [5.41, 5.74) is 2.26. The molecule has 0 atom stereocenters. The number of rotatable bonds is 5. The van der Waals surface area contributed by atoms with Crippen molar-refractivity contribution >= 4 is 27.3 Å². The van der Waals surface area contributed by atoms with E-state index in [0.29, 0.717) is 6.54 Å². The standard InChI is InChI=1S/C14H14N4O2S2/c1-11-5-2-3-6-12(11)9-18-10-15-14(16-18)17-22(19,20)13-7-4-8-21-13/h2-8,10H,9H2,1H3,(H,16,17). The van der Waals surface area contributed by atoms with Gasteiger partial charge in [0.05, 0.1) is 6.54 Å². The lowest BCUT2D eigenvalue weighted by molar-refractivity contribution is 0.602. The zero-order valence-electron chi connectivity index (χ0n) is 11.8. The van der Waals surface area contributed by atoms with Gasteiger partial charge in [0.2, 0.25) is 0 Å². The summed E-state index contributed by atoms with van der Waals surface area (Å²) in [7, 11) is -3.61. The van der Waals surface area contributed by atoms with E-state index >= 15 is 0 Å². The Kier molecular flexibility index (Phi) is 3.95. The molecule has 0 saturated heterocycles. The molecule has 0 amide bonds. The summed E-state index contributed by atoms with van der Waals surface area (Å²) >= 11 is 1.15. The molecule has 2 heterocycles. The van der Waals surface area contributed by atoms with Gasteiger partial charge < -0.3 is 0 Å². The summed E-state index contributed by atoms with van der Waals surface area (Å²) in [5, 5.41) is 5.87. The van der Waals surface area contributed by atoms with Gasteiger partial charge in [0.25, 0.3) is 16.0 Å². The Labute approximate surface area is 132 Å². The molecule has 2 aromatic heterocycles. The minimum absolute atomic E-state index is 0.0713. The number of nitrogens with zero attached hydrogens (tertiary/aromatic N) is 3. The summed E-state index contributed by atoms with van der Waals surface area (Å²) in [6, 6.07) is 11.2. The van der Waals surface area contributed by atoms with Gasteiger partial charge in [-0.15, -0.1) is 16.4 Å². The van der Waals surface area contributed by atoms with Crippen LogP contribution in [-0.4, -0.2) is 23.2 Å². The fraction of sp³-hybridized carbons (Fsp3) is 0.143. The molecule has 0 spiro atoms. The Balaban J connectivity index is 1.76. The largest absolute Gasteiger partial charge is 0.273 e. The predicted molar refractivity (Wildman–Crippen MR) is 85.4 cm³/mol. The molecule has 3 rings (SSSR count). The molecule has 8 heteroatoms. The lowest BCUT2D eigenvalue weighted by Gasteiger charge is -2.04. The molecule has 22 heavy (non-hydrogen) atoms. The highest BCUT2D eigenvalue weighted by atomic mass is 32.2. The van der Waals surface area contributed by atoms with E-state index < -0.39 is 10.0 Å². The van der Waals surface area contributed by atoms with Crippen LogP contribution in [0.3, 0.4) is 0 Å². The van der Waals surface area contributed by atoms with E-state index in [0.717, 1.165) is 22.5 Å². The van der Waals surface area contributed by atoms with E-state index in [-0.39, 0.29) is 10.2 Å². The molecule has 0 aliphatic carbocycles. The Hall–Kier alpha value is -2.19. The highest BCUT2D eigenvalue weighted by Gasteiger charge is 2.17. The van der Waals surface area contributed by atoms with Crippen molar-refractivity contribution in [3.05, 3.63) is 59.2 Å². The average Bonchev–Trinajstić information content (AvgIpc) is 3.13. The normalized spacial score (nSPS) is 11.5. The maximum Gasteiger partial charge on any atom is 0.273 e. The van der Waals surface area contributed by atoms with Gasteiger partial charge in [-0.25, -0.2) is 17.8 Å². The van der Waals surface area contributed by atoms with Crippen LogP contribution in [0.1, 0.15) is 11.1 Å². The van der Waals surface area contributed by atoms with Crippen molar-refractivity contribution < 1.29 is 8.42 Å². The van der Waals surface area contributed by atoms with Gasteiger partial charge in [-0.2, -0.15) is 4.98 Å². The molecule has 0 fully saturated rings. The number of nitrogens with one attached hydrogen (secondary N) is 1. The summed E-state index contributed by atoms with van der Waals surface area (Å²) in [5.74, 6) is 0.0713.